The summed E-state index contributed by atoms with van der Waals surface area (Å²) in [5.41, 5.74) is 0. The molecule has 3 heterocycles. The molecule has 0 aromatic carbocycles. The second-order valence-electron chi connectivity index (χ2n) is 6.75. The number of aromatic nitrogens is 2. The number of nitrogens with one attached hydrogen (secondary N) is 2. The lowest BCUT2D eigenvalue weighted by molar-refractivity contribution is -0.119. The third kappa shape index (κ3) is 11.0. The maximum absolute atomic E-state index is 10.9. The Kier molecular flexibility index (Phi) is 16.8. The van der Waals surface area contributed by atoms with Gasteiger partial charge in [0.15, 0.2) is 12.5 Å². The van der Waals surface area contributed by atoms with E-state index in [1.165, 1.54) is 0 Å². The number of carbonyl (C=O) groups excluding carboxylic acids is 2. The van der Waals surface area contributed by atoms with E-state index in [1.807, 2.05) is 27.7 Å². The summed E-state index contributed by atoms with van der Waals surface area (Å²) in [6.45, 7) is 12.4. The van der Waals surface area contributed by atoms with Crippen molar-refractivity contribution in [3.63, 3.8) is 0 Å². The average Bonchev–Trinajstić information content (AvgIpc) is 3.29. The summed E-state index contributed by atoms with van der Waals surface area (Å²) in [5, 5.41) is 12.8. The van der Waals surface area contributed by atoms with Crippen LogP contribution in [0.3, 0.4) is 0 Å². The number of aromatic amines is 1. The topological polar surface area (TPSA) is 142 Å². The van der Waals surface area contributed by atoms with E-state index in [0.29, 0.717) is 18.4 Å². The summed E-state index contributed by atoms with van der Waals surface area (Å²) in [4.78, 5) is 38.2. The Morgan fingerprint density at radius 1 is 1.00 bits per heavy atom. The van der Waals surface area contributed by atoms with Gasteiger partial charge >= 0.3 is 5.76 Å². The number of amides is 2. The van der Waals surface area contributed by atoms with E-state index in [9.17, 15) is 14.4 Å². The van der Waals surface area contributed by atoms with Crippen molar-refractivity contribution in [3.05, 3.63) is 16.4 Å². The molecule has 0 spiro atoms. The Balaban J connectivity index is -0.000000349. The predicted molar refractivity (Wildman–Crippen MR) is 123 cm³/mol. The van der Waals surface area contributed by atoms with Crippen LogP contribution in [0.15, 0.2) is 24.5 Å². The van der Waals surface area contributed by atoms with Crippen LogP contribution in [0.2, 0.25) is 0 Å². The van der Waals surface area contributed by atoms with Crippen molar-refractivity contribution in [1.29, 1.82) is 0 Å². The number of imide groups is 1. The molecule has 11 heteroatoms. The van der Waals surface area contributed by atoms with E-state index in [4.69, 9.17) is 0 Å². The van der Waals surface area contributed by atoms with E-state index in [1.54, 1.807) is 0 Å². The number of carbonyl (C=O) groups is 2. The first-order valence-corrected chi connectivity index (χ1v) is 9.49. The van der Waals surface area contributed by atoms with Crippen molar-refractivity contribution in [1.82, 2.24) is 15.5 Å². The number of rotatable bonds is 3. The van der Waals surface area contributed by atoms with Crippen LogP contribution in [0.4, 0.5) is 4.79 Å². The van der Waals surface area contributed by atoms with Gasteiger partial charge in [0.1, 0.15) is 5.84 Å². The summed E-state index contributed by atoms with van der Waals surface area (Å²) in [5.74, 6) is 1.72. The second kappa shape index (κ2) is 15.5. The SMILES string of the molecule is C.C.C.CC(C)C1=NCN=N1.CC(C)C1SC(=O)NC1=O.CC(C)c1noc(=O)[nH]1. The number of nitrogens with zero attached hydrogens (tertiary/aromatic N) is 4. The van der Waals surface area contributed by atoms with Crippen LogP contribution in [-0.2, 0) is 4.79 Å². The fourth-order valence-corrected chi connectivity index (χ4v) is 2.67. The molecular weight excluding hydrogens is 408 g/mol. The molecule has 10 nitrogen and oxygen atoms in total. The number of hydrogen-bond acceptors (Lipinski definition) is 9. The third-order valence-electron chi connectivity index (χ3n) is 3.31. The van der Waals surface area contributed by atoms with Crippen LogP contribution in [0.25, 0.3) is 0 Å². The van der Waals surface area contributed by atoms with Crippen LogP contribution in [0.1, 0.15) is 75.6 Å². The Morgan fingerprint density at radius 3 is 1.80 bits per heavy atom. The minimum absolute atomic E-state index is 0. The molecule has 0 bridgehead atoms. The van der Waals surface area contributed by atoms with Gasteiger partial charge in [0.05, 0.1) is 5.25 Å². The molecule has 1 fully saturated rings. The highest BCUT2D eigenvalue weighted by Crippen LogP contribution is 2.25. The predicted octanol–water partition coefficient (Wildman–Crippen LogP) is 4.85. The molecule has 1 unspecified atom stereocenters. The van der Waals surface area contributed by atoms with Crippen molar-refractivity contribution >= 4 is 28.7 Å². The molecule has 1 aromatic heterocycles. The first-order valence-electron chi connectivity index (χ1n) is 8.61. The zero-order valence-electron chi connectivity index (χ0n) is 16.3. The number of azo groups is 1. The average molecular weight is 447 g/mol. The number of thioether (sulfide) groups is 1. The quantitative estimate of drug-likeness (QED) is 0.679. The van der Waals surface area contributed by atoms with Gasteiger partial charge < -0.3 is 0 Å². The van der Waals surface area contributed by atoms with E-state index in [0.717, 1.165) is 17.6 Å². The lowest BCUT2D eigenvalue weighted by Crippen LogP contribution is -2.27. The van der Waals surface area contributed by atoms with Crippen molar-refractivity contribution in [2.45, 2.75) is 75.0 Å². The van der Waals surface area contributed by atoms with Gasteiger partial charge in [0, 0.05) is 11.8 Å². The number of aliphatic imine (C=N–C) groups is 1. The maximum atomic E-state index is 10.9. The third-order valence-corrected chi connectivity index (χ3v) is 4.64. The monoisotopic (exact) mass is 446 g/mol. The summed E-state index contributed by atoms with van der Waals surface area (Å²) in [6, 6.07) is 0. The van der Waals surface area contributed by atoms with Crippen molar-refractivity contribution in [3.8, 4) is 0 Å². The van der Waals surface area contributed by atoms with Gasteiger partial charge in [-0.1, -0.05) is 80.7 Å². The Bertz CT molecular complexity index is 752. The zero-order chi connectivity index (χ0) is 20.6. The highest BCUT2D eigenvalue weighted by molar-refractivity contribution is 8.15. The number of amidine groups is 1. The van der Waals surface area contributed by atoms with E-state index < -0.39 is 5.76 Å². The minimum Gasteiger partial charge on any atom is -0.296 e. The summed E-state index contributed by atoms with van der Waals surface area (Å²) in [6.07, 6.45) is 0. The highest BCUT2D eigenvalue weighted by Gasteiger charge is 2.33. The summed E-state index contributed by atoms with van der Waals surface area (Å²) >= 11 is 1.08. The largest absolute Gasteiger partial charge is 0.438 e. The molecule has 2 aliphatic rings. The summed E-state index contributed by atoms with van der Waals surface area (Å²) in [7, 11) is 0. The van der Waals surface area contributed by atoms with Crippen molar-refractivity contribution in [2.24, 2.45) is 27.1 Å². The molecule has 1 atom stereocenters. The first-order chi connectivity index (χ1) is 12.6. The molecule has 0 saturated carbocycles. The van der Waals surface area contributed by atoms with Gasteiger partial charge in [-0.05, 0) is 5.92 Å². The molecule has 30 heavy (non-hydrogen) atoms. The molecule has 2 amide bonds. The van der Waals surface area contributed by atoms with Gasteiger partial charge in [0.25, 0.3) is 5.24 Å². The van der Waals surface area contributed by atoms with Crippen LogP contribution in [-0.4, -0.2) is 39.0 Å². The van der Waals surface area contributed by atoms with E-state index >= 15 is 0 Å². The fraction of sp³-hybridized carbons (Fsp3) is 0.737. The molecular formula is C19H38N6O4S. The van der Waals surface area contributed by atoms with Crippen molar-refractivity contribution < 1.29 is 14.1 Å². The molecule has 0 aliphatic carbocycles. The summed E-state index contributed by atoms with van der Waals surface area (Å²) < 4.78 is 4.26. The molecule has 1 saturated heterocycles. The van der Waals surface area contributed by atoms with E-state index in [-0.39, 0.29) is 50.5 Å². The smallest absolute Gasteiger partial charge is 0.296 e. The molecule has 0 radical (unpaired) electrons. The molecule has 2 aliphatic heterocycles. The molecule has 2 N–H and O–H groups in total. The van der Waals surface area contributed by atoms with Crippen LogP contribution < -0.4 is 11.1 Å². The Hall–Kier alpha value is -2.30. The molecule has 174 valence electrons. The fourth-order valence-electron chi connectivity index (χ4n) is 1.84. The number of hydrogen-bond donors (Lipinski definition) is 2. The Morgan fingerprint density at radius 2 is 1.60 bits per heavy atom. The standard InChI is InChI=1S/C6H9NO2S.C5H9N3.C5H8N2O2.3CH4/c1-3(2)4-5(8)7-6(9)10-4;1-4(2)5-6-3-7-8-5;1-3(2)4-6-5(8)9-7-4;;;/h3-4H,1-2H3,(H,7,8,9);4H,3H2,1-2H3;3H,1-2H3,(H,6,7,8);3*1H4. The normalized spacial score (nSPS) is 16.4. The van der Waals surface area contributed by atoms with Crippen molar-refractivity contribution in [2.75, 3.05) is 6.67 Å². The van der Waals surface area contributed by atoms with Crippen LogP contribution in [0, 0.1) is 11.8 Å². The zero-order valence-corrected chi connectivity index (χ0v) is 17.2. The van der Waals surface area contributed by atoms with Crippen LogP contribution >= 0.6 is 11.8 Å². The second-order valence-corrected chi connectivity index (χ2v) is 7.86. The maximum Gasteiger partial charge on any atom is 0.438 e. The lowest BCUT2D eigenvalue weighted by Gasteiger charge is -2.06. The first kappa shape index (κ1) is 32.4. The van der Waals surface area contributed by atoms with Gasteiger partial charge in [-0.15, -0.1) is 5.11 Å². The van der Waals surface area contributed by atoms with Gasteiger partial charge in [0.2, 0.25) is 5.91 Å². The lowest BCUT2D eigenvalue weighted by atomic mass is 10.1. The highest BCUT2D eigenvalue weighted by atomic mass is 32.2. The van der Waals surface area contributed by atoms with Gasteiger partial charge in [-0.2, -0.15) is 5.11 Å². The van der Waals surface area contributed by atoms with Gasteiger partial charge in [-0.3, -0.25) is 24.4 Å². The minimum atomic E-state index is -0.487. The molecule has 1 aromatic rings. The van der Waals surface area contributed by atoms with Crippen LogP contribution in [0.5, 0.6) is 0 Å². The number of H-pyrrole nitrogens is 1. The Labute approximate surface area is 183 Å². The van der Waals surface area contributed by atoms with E-state index in [2.05, 4.69) is 49.0 Å². The van der Waals surface area contributed by atoms with Gasteiger partial charge in [-0.25, -0.2) is 9.79 Å². The molecule has 3 rings (SSSR count).